The van der Waals surface area contributed by atoms with Crippen LogP contribution in [0.15, 0.2) is 12.1 Å². The number of rotatable bonds is 15. The molecule has 0 bridgehead atoms. The van der Waals surface area contributed by atoms with Crippen LogP contribution in [0.25, 0.3) is 0 Å². The van der Waals surface area contributed by atoms with Gasteiger partial charge < -0.3 is 15.3 Å². The number of benzene rings is 1. The fraction of sp³-hybridized carbons (Fsp3) is 0.778. The summed E-state index contributed by atoms with van der Waals surface area (Å²) in [5, 5.41) is 30.2. The van der Waals surface area contributed by atoms with Gasteiger partial charge >= 0.3 is 0 Å². The molecule has 0 aliphatic carbocycles. The van der Waals surface area contributed by atoms with Crippen LogP contribution >= 0.6 is 0 Å². The molecule has 0 saturated heterocycles. The molecule has 0 aliphatic rings. The average molecular weight is 421 g/mol. The number of aromatic hydroxyl groups is 2. The van der Waals surface area contributed by atoms with Gasteiger partial charge in [0, 0.05) is 0 Å². The van der Waals surface area contributed by atoms with Crippen molar-refractivity contribution in [2.24, 2.45) is 17.8 Å². The summed E-state index contributed by atoms with van der Waals surface area (Å²) in [5.41, 5.74) is 1.00. The van der Waals surface area contributed by atoms with Crippen LogP contribution in [-0.2, 0) is 6.42 Å². The van der Waals surface area contributed by atoms with Gasteiger partial charge in [-0.25, -0.2) is 0 Å². The van der Waals surface area contributed by atoms with E-state index in [1.165, 1.54) is 51.0 Å². The third-order valence-corrected chi connectivity index (χ3v) is 6.74. The van der Waals surface area contributed by atoms with Crippen LogP contribution < -0.4 is 0 Å². The zero-order chi connectivity index (χ0) is 22.7. The Balaban J connectivity index is 2.22. The van der Waals surface area contributed by atoms with Gasteiger partial charge in [-0.15, -0.1) is 0 Å². The highest BCUT2D eigenvalue weighted by Gasteiger charge is 2.21. The van der Waals surface area contributed by atoms with E-state index in [0.717, 1.165) is 36.2 Å². The van der Waals surface area contributed by atoms with Crippen molar-refractivity contribution in [1.29, 1.82) is 0 Å². The fourth-order valence-corrected chi connectivity index (χ4v) is 4.34. The monoisotopic (exact) mass is 420 g/mol. The minimum Gasteiger partial charge on any atom is -0.504 e. The first-order valence-electron chi connectivity index (χ1n) is 12.2. The Morgan fingerprint density at radius 1 is 0.800 bits per heavy atom. The summed E-state index contributed by atoms with van der Waals surface area (Å²) in [5.74, 6) is 2.27. The number of aryl methyl sites for hydroxylation is 1. The lowest BCUT2D eigenvalue weighted by Gasteiger charge is -2.24. The van der Waals surface area contributed by atoms with Gasteiger partial charge in [-0.05, 0) is 68.1 Å². The lowest BCUT2D eigenvalue weighted by molar-refractivity contribution is 0.0386. The molecule has 0 amide bonds. The van der Waals surface area contributed by atoms with E-state index >= 15 is 0 Å². The van der Waals surface area contributed by atoms with E-state index in [9.17, 15) is 15.3 Å². The van der Waals surface area contributed by atoms with Gasteiger partial charge in [0.2, 0.25) is 0 Å². The van der Waals surface area contributed by atoms with Crippen LogP contribution in [0, 0.1) is 24.7 Å². The summed E-state index contributed by atoms with van der Waals surface area (Å²) >= 11 is 0. The second-order valence-corrected chi connectivity index (χ2v) is 10.6. The zero-order valence-corrected chi connectivity index (χ0v) is 20.5. The SMILES string of the molecule is Cc1c(CCC(C)(O)CCCC(C)CCCC(C)CCCC(C)C)ccc(O)c1O. The Morgan fingerprint density at radius 3 is 1.90 bits per heavy atom. The second-order valence-electron chi connectivity index (χ2n) is 10.6. The minimum absolute atomic E-state index is 0.0461. The Hall–Kier alpha value is -1.22. The van der Waals surface area contributed by atoms with Crippen molar-refractivity contribution in [3.05, 3.63) is 23.3 Å². The molecular formula is C27H48O3. The van der Waals surface area contributed by atoms with Gasteiger partial charge in [0.1, 0.15) is 0 Å². The summed E-state index contributed by atoms with van der Waals surface area (Å²) in [6, 6.07) is 3.37. The molecule has 1 rings (SSSR count). The minimum atomic E-state index is -0.690. The Morgan fingerprint density at radius 2 is 1.33 bits per heavy atom. The van der Waals surface area contributed by atoms with Gasteiger partial charge in [-0.1, -0.05) is 85.1 Å². The second kappa shape index (κ2) is 13.2. The van der Waals surface area contributed by atoms with Crippen LogP contribution in [0.5, 0.6) is 11.5 Å². The maximum absolute atomic E-state index is 10.8. The third-order valence-electron chi connectivity index (χ3n) is 6.74. The van der Waals surface area contributed by atoms with E-state index < -0.39 is 5.60 Å². The predicted octanol–water partition coefficient (Wildman–Crippen LogP) is 7.53. The van der Waals surface area contributed by atoms with Crippen LogP contribution in [0.4, 0.5) is 0 Å². The number of aliphatic hydroxyl groups is 1. The van der Waals surface area contributed by atoms with Crippen LogP contribution in [-0.4, -0.2) is 20.9 Å². The molecule has 0 spiro atoms. The highest BCUT2D eigenvalue weighted by molar-refractivity contribution is 5.48. The van der Waals surface area contributed by atoms with Crippen molar-refractivity contribution in [1.82, 2.24) is 0 Å². The molecule has 3 atom stereocenters. The topological polar surface area (TPSA) is 60.7 Å². The van der Waals surface area contributed by atoms with Crippen molar-refractivity contribution in [2.45, 2.75) is 118 Å². The molecule has 0 heterocycles. The number of phenols is 2. The molecule has 3 nitrogen and oxygen atoms in total. The fourth-order valence-electron chi connectivity index (χ4n) is 4.34. The van der Waals surface area contributed by atoms with E-state index in [4.69, 9.17) is 0 Å². The van der Waals surface area contributed by atoms with Gasteiger partial charge in [0.15, 0.2) is 11.5 Å². The summed E-state index contributed by atoms with van der Waals surface area (Å²) in [4.78, 5) is 0. The van der Waals surface area contributed by atoms with E-state index in [1.54, 1.807) is 0 Å². The molecule has 0 radical (unpaired) electrons. The maximum atomic E-state index is 10.8. The smallest absolute Gasteiger partial charge is 0.160 e. The van der Waals surface area contributed by atoms with Crippen molar-refractivity contribution < 1.29 is 15.3 Å². The molecule has 3 N–H and O–H groups in total. The summed E-state index contributed by atoms with van der Waals surface area (Å²) in [7, 11) is 0. The molecule has 1 aromatic carbocycles. The Labute approximate surface area is 185 Å². The molecule has 174 valence electrons. The third kappa shape index (κ3) is 10.7. The van der Waals surface area contributed by atoms with Crippen molar-refractivity contribution in [3.8, 4) is 11.5 Å². The van der Waals surface area contributed by atoms with Crippen LogP contribution in [0.2, 0.25) is 0 Å². The molecule has 0 aromatic heterocycles. The first-order valence-corrected chi connectivity index (χ1v) is 12.2. The molecule has 0 aliphatic heterocycles. The summed E-state index contributed by atoms with van der Waals surface area (Å²) < 4.78 is 0. The Bertz CT molecular complexity index is 606. The van der Waals surface area contributed by atoms with Crippen molar-refractivity contribution >= 4 is 0 Å². The molecule has 30 heavy (non-hydrogen) atoms. The molecule has 1 aromatic rings. The normalized spacial score (nSPS) is 15.9. The lowest BCUT2D eigenvalue weighted by Crippen LogP contribution is -2.25. The molecule has 0 saturated carbocycles. The molecule has 0 fully saturated rings. The van der Waals surface area contributed by atoms with E-state index in [-0.39, 0.29) is 11.5 Å². The number of hydrogen-bond donors (Lipinski definition) is 3. The molecule has 3 heteroatoms. The first kappa shape index (κ1) is 26.8. The van der Waals surface area contributed by atoms with Gasteiger partial charge in [-0.3, -0.25) is 0 Å². The lowest BCUT2D eigenvalue weighted by atomic mass is 9.87. The van der Waals surface area contributed by atoms with E-state index in [2.05, 4.69) is 27.7 Å². The van der Waals surface area contributed by atoms with Crippen molar-refractivity contribution in [3.63, 3.8) is 0 Å². The van der Waals surface area contributed by atoms with Crippen molar-refractivity contribution in [2.75, 3.05) is 0 Å². The largest absolute Gasteiger partial charge is 0.504 e. The maximum Gasteiger partial charge on any atom is 0.160 e. The Kier molecular flexibility index (Phi) is 11.8. The predicted molar refractivity (Wildman–Crippen MR) is 128 cm³/mol. The number of hydrogen-bond acceptors (Lipinski definition) is 3. The van der Waals surface area contributed by atoms with Gasteiger partial charge in [0.05, 0.1) is 5.60 Å². The molecule has 3 unspecified atom stereocenters. The van der Waals surface area contributed by atoms with Crippen LogP contribution in [0.3, 0.4) is 0 Å². The first-order chi connectivity index (χ1) is 14.0. The number of phenolic OH excluding ortho intramolecular Hbond substituents is 2. The van der Waals surface area contributed by atoms with E-state index in [1.807, 2.05) is 19.9 Å². The average Bonchev–Trinajstić information content (AvgIpc) is 2.65. The van der Waals surface area contributed by atoms with E-state index in [0.29, 0.717) is 18.4 Å². The quantitative estimate of drug-likeness (QED) is 0.257. The van der Waals surface area contributed by atoms with Crippen LogP contribution in [0.1, 0.15) is 110 Å². The summed E-state index contributed by atoms with van der Waals surface area (Å²) in [6.45, 7) is 13.1. The zero-order valence-electron chi connectivity index (χ0n) is 20.5. The summed E-state index contributed by atoms with van der Waals surface area (Å²) in [6.07, 6.45) is 12.5. The highest BCUT2D eigenvalue weighted by Crippen LogP contribution is 2.32. The van der Waals surface area contributed by atoms with Gasteiger partial charge in [0.25, 0.3) is 0 Å². The standard InChI is InChI=1S/C27H48O3/c1-20(2)10-7-11-21(3)12-8-13-22(4)14-9-18-27(6,30)19-17-24-15-16-25(28)26(29)23(24)5/h15-16,20-22,28-30H,7-14,17-19H2,1-6H3. The molecular weight excluding hydrogens is 372 g/mol. The highest BCUT2D eigenvalue weighted by atomic mass is 16.3. The van der Waals surface area contributed by atoms with Gasteiger partial charge in [-0.2, -0.15) is 0 Å².